The topological polar surface area (TPSA) is 64.4 Å². The number of fused-ring (bicyclic) bond motifs is 1. The van der Waals surface area contributed by atoms with Crippen molar-refractivity contribution in [2.45, 2.75) is 31.6 Å². The number of thioether (sulfide) groups is 1. The minimum atomic E-state index is -0.125. The first-order chi connectivity index (χ1) is 16.5. The number of ether oxygens (including phenoxy) is 1. The van der Waals surface area contributed by atoms with E-state index in [1.807, 2.05) is 86.6 Å². The number of para-hydroxylation sites is 2. The van der Waals surface area contributed by atoms with E-state index in [1.165, 1.54) is 11.8 Å². The van der Waals surface area contributed by atoms with Crippen molar-refractivity contribution in [2.75, 3.05) is 17.8 Å². The largest absolute Gasteiger partial charge is 0.497 e. The first-order valence-corrected chi connectivity index (χ1v) is 12.1. The Hall–Kier alpha value is -3.58. The fourth-order valence-electron chi connectivity index (χ4n) is 3.83. The van der Waals surface area contributed by atoms with Gasteiger partial charge in [-0.3, -0.25) is 14.2 Å². The molecule has 1 heterocycles. The van der Waals surface area contributed by atoms with Crippen molar-refractivity contribution in [1.82, 2.24) is 9.55 Å². The first kappa shape index (κ1) is 23.6. The Balaban J connectivity index is 1.66. The molecule has 1 aromatic heterocycles. The molecule has 0 bridgehead atoms. The zero-order valence-electron chi connectivity index (χ0n) is 19.5. The van der Waals surface area contributed by atoms with Crippen LogP contribution in [0.3, 0.4) is 0 Å². The Morgan fingerprint density at radius 3 is 2.35 bits per heavy atom. The lowest BCUT2D eigenvalue weighted by molar-refractivity contribution is -0.116. The van der Waals surface area contributed by atoms with Crippen molar-refractivity contribution in [2.24, 2.45) is 0 Å². The third-order valence-electron chi connectivity index (χ3n) is 5.47. The van der Waals surface area contributed by atoms with Crippen molar-refractivity contribution in [3.05, 3.63) is 94.8 Å². The molecule has 6 nitrogen and oxygen atoms in total. The maximum absolute atomic E-state index is 13.4. The van der Waals surface area contributed by atoms with E-state index in [9.17, 15) is 9.59 Å². The number of amides is 1. The number of aromatic nitrogens is 2. The monoisotopic (exact) mass is 473 g/mol. The van der Waals surface area contributed by atoms with E-state index < -0.39 is 0 Å². The molecule has 0 radical (unpaired) electrons. The van der Waals surface area contributed by atoms with Crippen molar-refractivity contribution < 1.29 is 9.53 Å². The van der Waals surface area contributed by atoms with Gasteiger partial charge in [0.2, 0.25) is 5.91 Å². The van der Waals surface area contributed by atoms with Crippen LogP contribution in [-0.2, 0) is 11.3 Å². The highest BCUT2D eigenvalue weighted by molar-refractivity contribution is 7.99. The van der Waals surface area contributed by atoms with E-state index in [0.717, 1.165) is 17.0 Å². The molecule has 1 amide bonds. The van der Waals surface area contributed by atoms with Crippen LogP contribution >= 0.6 is 11.8 Å². The van der Waals surface area contributed by atoms with Crippen LogP contribution in [0.25, 0.3) is 10.9 Å². The standard InChI is InChI=1S/C27H27N3O3S/c1-19(2)30(21-9-5-4-6-10-21)25(31)18-34-27-28-24-12-8-7-11-23(24)26(32)29(27)17-20-13-15-22(33-3)16-14-20/h4-16,19H,17-18H2,1-3H3. The molecule has 34 heavy (non-hydrogen) atoms. The summed E-state index contributed by atoms with van der Waals surface area (Å²) in [5.41, 5.74) is 2.30. The molecule has 4 rings (SSSR count). The fraction of sp³-hybridized carbons (Fsp3) is 0.222. The molecule has 0 atom stereocenters. The second-order valence-corrected chi connectivity index (χ2v) is 9.08. The first-order valence-electron chi connectivity index (χ1n) is 11.1. The van der Waals surface area contributed by atoms with Crippen LogP contribution < -0.4 is 15.2 Å². The number of carbonyl (C=O) groups excluding carboxylic acids is 1. The quantitative estimate of drug-likeness (QED) is 0.267. The van der Waals surface area contributed by atoms with Crippen molar-refractivity contribution in [3.63, 3.8) is 0 Å². The Morgan fingerprint density at radius 1 is 1.00 bits per heavy atom. The SMILES string of the molecule is COc1ccc(Cn2c(SCC(=O)N(c3ccccc3)C(C)C)nc3ccccc3c2=O)cc1. The zero-order valence-corrected chi connectivity index (χ0v) is 20.3. The maximum atomic E-state index is 13.4. The van der Waals surface area contributed by atoms with Crippen molar-refractivity contribution in [1.29, 1.82) is 0 Å². The zero-order chi connectivity index (χ0) is 24.1. The van der Waals surface area contributed by atoms with Gasteiger partial charge in [0, 0.05) is 11.7 Å². The summed E-state index contributed by atoms with van der Waals surface area (Å²) < 4.78 is 6.88. The molecule has 0 saturated carbocycles. The van der Waals surface area contributed by atoms with Crippen molar-refractivity contribution in [3.8, 4) is 5.75 Å². The van der Waals surface area contributed by atoms with E-state index in [-0.39, 0.29) is 23.3 Å². The molecule has 174 valence electrons. The molecule has 0 aliphatic carbocycles. The third kappa shape index (κ3) is 5.15. The van der Waals surface area contributed by atoms with E-state index in [0.29, 0.717) is 22.6 Å². The van der Waals surface area contributed by atoms with Gasteiger partial charge >= 0.3 is 0 Å². The third-order valence-corrected chi connectivity index (χ3v) is 6.43. The summed E-state index contributed by atoms with van der Waals surface area (Å²) >= 11 is 1.29. The highest BCUT2D eigenvalue weighted by Crippen LogP contribution is 2.23. The van der Waals surface area contributed by atoms with Crippen LogP contribution in [0.15, 0.2) is 88.8 Å². The van der Waals surface area contributed by atoms with E-state index in [4.69, 9.17) is 9.72 Å². The maximum Gasteiger partial charge on any atom is 0.262 e. The van der Waals surface area contributed by atoms with Gasteiger partial charge in [-0.05, 0) is 55.8 Å². The minimum Gasteiger partial charge on any atom is -0.497 e. The Morgan fingerprint density at radius 2 is 1.68 bits per heavy atom. The normalized spacial score (nSPS) is 11.1. The predicted molar refractivity (Wildman–Crippen MR) is 138 cm³/mol. The smallest absolute Gasteiger partial charge is 0.262 e. The van der Waals surface area contributed by atoms with E-state index >= 15 is 0 Å². The van der Waals surface area contributed by atoms with E-state index in [2.05, 4.69) is 0 Å². The van der Waals surface area contributed by atoms with Gasteiger partial charge in [-0.15, -0.1) is 0 Å². The van der Waals surface area contributed by atoms with Crippen molar-refractivity contribution >= 4 is 34.3 Å². The van der Waals surface area contributed by atoms with Gasteiger partial charge in [0.05, 0.1) is 30.3 Å². The van der Waals surface area contributed by atoms with Crippen LogP contribution in [0.4, 0.5) is 5.69 Å². The summed E-state index contributed by atoms with van der Waals surface area (Å²) in [4.78, 5) is 33.1. The summed E-state index contributed by atoms with van der Waals surface area (Å²) in [7, 11) is 1.62. The van der Waals surface area contributed by atoms with Gasteiger partial charge in [-0.1, -0.05) is 54.2 Å². The molecule has 7 heteroatoms. The van der Waals surface area contributed by atoms with Crippen LogP contribution in [0.2, 0.25) is 0 Å². The highest BCUT2D eigenvalue weighted by Gasteiger charge is 2.21. The second-order valence-electron chi connectivity index (χ2n) is 8.13. The molecule has 0 unspecified atom stereocenters. The van der Waals surface area contributed by atoms with Gasteiger partial charge in [0.25, 0.3) is 5.56 Å². The van der Waals surface area contributed by atoms with Crippen LogP contribution in [0, 0.1) is 0 Å². The lowest BCUT2D eigenvalue weighted by Crippen LogP contribution is -2.38. The van der Waals surface area contributed by atoms with Crippen LogP contribution in [-0.4, -0.2) is 34.4 Å². The summed E-state index contributed by atoms with van der Waals surface area (Å²) in [6.45, 7) is 4.33. The Bertz CT molecular complexity index is 1340. The lowest BCUT2D eigenvalue weighted by Gasteiger charge is -2.27. The summed E-state index contributed by atoms with van der Waals surface area (Å²) in [5, 5.41) is 1.07. The number of carbonyl (C=O) groups is 1. The van der Waals surface area contributed by atoms with Gasteiger partial charge in [-0.25, -0.2) is 4.98 Å². The molecular weight excluding hydrogens is 446 g/mol. The minimum absolute atomic E-state index is 0.00144. The Kier molecular flexibility index (Phi) is 7.33. The summed E-state index contributed by atoms with van der Waals surface area (Å²) in [5.74, 6) is 0.882. The van der Waals surface area contributed by atoms with E-state index in [1.54, 1.807) is 22.6 Å². The molecule has 4 aromatic rings. The Labute approximate surface area is 203 Å². The molecule has 0 saturated heterocycles. The fourth-order valence-corrected chi connectivity index (χ4v) is 4.68. The van der Waals surface area contributed by atoms with Gasteiger partial charge in [0.15, 0.2) is 5.16 Å². The second kappa shape index (κ2) is 10.6. The van der Waals surface area contributed by atoms with Gasteiger partial charge in [0.1, 0.15) is 5.75 Å². The molecule has 0 fully saturated rings. The van der Waals surface area contributed by atoms with Gasteiger partial charge < -0.3 is 9.64 Å². The molecule has 0 N–H and O–H groups in total. The number of methoxy groups -OCH3 is 1. The summed E-state index contributed by atoms with van der Waals surface area (Å²) in [6.07, 6.45) is 0. The molecular formula is C27H27N3O3S. The average molecular weight is 474 g/mol. The number of benzene rings is 3. The molecule has 0 aliphatic rings. The number of hydrogen-bond donors (Lipinski definition) is 0. The molecule has 0 spiro atoms. The number of anilines is 1. The average Bonchev–Trinajstić information content (AvgIpc) is 2.85. The predicted octanol–water partition coefficient (Wildman–Crippen LogP) is 4.99. The van der Waals surface area contributed by atoms with Crippen LogP contribution in [0.1, 0.15) is 19.4 Å². The highest BCUT2D eigenvalue weighted by atomic mass is 32.2. The molecule has 0 aliphatic heterocycles. The molecule has 3 aromatic carbocycles. The lowest BCUT2D eigenvalue weighted by atomic mass is 10.2. The van der Waals surface area contributed by atoms with Crippen LogP contribution in [0.5, 0.6) is 5.75 Å². The number of hydrogen-bond acceptors (Lipinski definition) is 5. The number of rotatable bonds is 8. The van der Waals surface area contributed by atoms with Gasteiger partial charge in [-0.2, -0.15) is 0 Å². The summed E-state index contributed by atoms with van der Waals surface area (Å²) in [6, 6.07) is 24.5. The number of nitrogens with zero attached hydrogens (tertiary/aromatic N) is 3.